The number of nitrogen functional groups attached to an aromatic ring is 1. The Morgan fingerprint density at radius 2 is 1.06 bits per heavy atom. The van der Waals surface area contributed by atoms with Gasteiger partial charge in [0.2, 0.25) is 0 Å². The number of rotatable bonds is 9. The summed E-state index contributed by atoms with van der Waals surface area (Å²) in [7, 11) is 2.75. The summed E-state index contributed by atoms with van der Waals surface area (Å²) < 4.78 is 9.89. The quantitative estimate of drug-likeness (QED) is 0.0658. The number of thiazole rings is 2. The summed E-state index contributed by atoms with van der Waals surface area (Å²) in [6.45, 7) is 11.6. The maximum atomic E-state index is 12.3. The third-order valence-electron chi connectivity index (χ3n) is 8.99. The van der Waals surface area contributed by atoms with E-state index in [1.165, 1.54) is 36.9 Å². The molecule has 2 aromatic heterocycles. The fraction of sp³-hybridized carbons (Fsp3) is 0.238. The molecule has 0 amide bonds. The molecule has 0 atom stereocenters. The number of aromatic nitrogens is 2. The standard InChI is InChI=1S/C21H20N2O4S.C21H22N2O2S/c1-12-5-7-15(8-6-12)19-20(21(24)27-4)28-18(22-19)11-16-9-14(3)17(23(25)26)10-13(16)2;1-12-5-7-15(8-6-12)19-20(21(24)25-4)26-18(23-19)11-16-9-14(3)17(22)10-13(16)2/h5-10H,11H2,1-4H3;5-10H,11,22H2,1-4H3. The molecule has 0 bridgehead atoms. The molecule has 0 saturated heterocycles. The number of anilines is 1. The van der Waals surface area contributed by atoms with Gasteiger partial charge < -0.3 is 15.2 Å². The number of nitro groups is 1. The number of nitro benzene ring substituents is 1. The normalized spacial score (nSPS) is 10.7. The maximum Gasteiger partial charge on any atom is 0.350 e. The minimum absolute atomic E-state index is 0.107. The van der Waals surface area contributed by atoms with Crippen LogP contribution in [0, 0.1) is 51.7 Å². The van der Waals surface area contributed by atoms with Gasteiger partial charge in [-0.15, -0.1) is 22.7 Å². The predicted molar refractivity (Wildman–Crippen MR) is 216 cm³/mol. The van der Waals surface area contributed by atoms with E-state index >= 15 is 0 Å². The van der Waals surface area contributed by atoms with Crippen molar-refractivity contribution < 1.29 is 24.0 Å². The van der Waals surface area contributed by atoms with Crippen LogP contribution in [-0.4, -0.2) is 41.0 Å². The van der Waals surface area contributed by atoms with Crippen LogP contribution in [0.2, 0.25) is 0 Å². The van der Waals surface area contributed by atoms with Crippen molar-refractivity contribution in [2.75, 3.05) is 20.0 Å². The third kappa shape index (κ3) is 9.07. The van der Waals surface area contributed by atoms with Crippen LogP contribution in [0.5, 0.6) is 0 Å². The first-order valence-corrected chi connectivity index (χ1v) is 18.7. The highest BCUT2D eigenvalue weighted by atomic mass is 32.1. The number of carbonyl (C=O) groups is 2. The molecule has 278 valence electrons. The molecule has 0 spiro atoms. The lowest BCUT2D eigenvalue weighted by atomic mass is 10.0. The summed E-state index contributed by atoms with van der Waals surface area (Å²) in [6.07, 6.45) is 1.15. The Kier molecular flexibility index (Phi) is 12.4. The van der Waals surface area contributed by atoms with E-state index in [-0.39, 0.29) is 16.6 Å². The molecule has 4 aromatic carbocycles. The Labute approximate surface area is 322 Å². The Hall–Kier alpha value is -5.72. The van der Waals surface area contributed by atoms with Crippen molar-refractivity contribution in [1.82, 2.24) is 9.97 Å². The number of nitrogens with two attached hydrogens (primary N) is 1. The fourth-order valence-corrected chi connectivity index (χ4v) is 7.87. The molecule has 6 aromatic rings. The highest BCUT2D eigenvalue weighted by Gasteiger charge is 2.23. The summed E-state index contributed by atoms with van der Waals surface area (Å²) in [5, 5.41) is 12.8. The topological polar surface area (TPSA) is 148 Å². The smallest absolute Gasteiger partial charge is 0.350 e. The van der Waals surface area contributed by atoms with Crippen LogP contribution in [-0.2, 0) is 22.3 Å². The van der Waals surface area contributed by atoms with Gasteiger partial charge in [0.25, 0.3) is 5.69 Å². The highest BCUT2D eigenvalue weighted by Crippen LogP contribution is 2.33. The summed E-state index contributed by atoms with van der Waals surface area (Å²) in [4.78, 5) is 45.7. The number of carbonyl (C=O) groups excluding carboxylic acids is 2. The lowest BCUT2D eigenvalue weighted by Crippen LogP contribution is -2.00. The number of aryl methyl sites for hydroxylation is 6. The van der Waals surface area contributed by atoms with Gasteiger partial charge in [-0.05, 0) is 81.5 Å². The zero-order valence-electron chi connectivity index (χ0n) is 31.5. The van der Waals surface area contributed by atoms with Crippen LogP contribution in [0.3, 0.4) is 0 Å². The zero-order chi connectivity index (χ0) is 39.3. The molecule has 10 nitrogen and oxygen atoms in total. The number of benzene rings is 4. The number of hydrogen-bond donors (Lipinski definition) is 1. The first-order valence-electron chi connectivity index (χ1n) is 17.1. The number of hydrogen-bond acceptors (Lipinski definition) is 11. The third-order valence-corrected chi connectivity index (χ3v) is 11.1. The lowest BCUT2D eigenvalue weighted by molar-refractivity contribution is -0.385. The van der Waals surface area contributed by atoms with Crippen LogP contribution in [0.4, 0.5) is 11.4 Å². The van der Waals surface area contributed by atoms with E-state index in [0.717, 1.165) is 65.8 Å². The van der Waals surface area contributed by atoms with E-state index < -0.39 is 5.97 Å². The predicted octanol–water partition coefficient (Wildman–Crippen LogP) is 9.72. The molecule has 0 unspecified atom stereocenters. The van der Waals surface area contributed by atoms with Crippen molar-refractivity contribution in [3.05, 3.63) is 147 Å². The van der Waals surface area contributed by atoms with Crippen LogP contribution >= 0.6 is 22.7 Å². The van der Waals surface area contributed by atoms with Gasteiger partial charge >= 0.3 is 11.9 Å². The molecule has 2 heterocycles. The molecular formula is C42H42N4O6S2. The molecule has 6 rings (SSSR count). The average molecular weight is 763 g/mol. The molecule has 0 radical (unpaired) electrons. The number of ether oxygens (including phenoxy) is 2. The Balaban J connectivity index is 0.000000208. The second kappa shape index (κ2) is 17.0. The van der Waals surface area contributed by atoms with Crippen molar-refractivity contribution in [1.29, 1.82) is 0 Å². The van der Waals surface area contributed by atoms with Crippen LogP contribution < -0.4 is 5.73 Å². The Morgan fingerprint density at radius 1 is 0.648 bits per heavy atom. The van der Waals surface area contributed by atoms with Gasteiger partial charge in [-0.25, -0.2) is 19.6 Å². The minimum Gasteiger partial charge on any atom is -0.465 e. The molecule has 0 aliphatic heterocycles. The number of methoxy groups -OCH3 is 2. The van der Waals surface area contributed by atoms with Crippen LogP contribution in [0.1, 0.15) is 73.9 Å². The van der Waals surface area contributed by atoms with Crippen molar-refractivity contribution >= 4 is 46.0 Å². The van der Waals surface area contributed by atoms with Gasteiger partial charge in [0.15, 0.2) is 0 Å². The first kappa shape index (κ1) is 39.5. The van der Waals surface area contributed by atoms with Gasteiger partial charge in [0.05, 0.1) is 40.5 Å². The Bertz CT molecular complexity index is 2340. The highest BCUT2D eigenvalue weighted by molar-refractivity contribution is 7.14. The lowest BCUT2D eigenvalue weighted by Gasteiger charge is -2.08. The maximum absolute atomic E-state index is 12.3. The molecule has 0 aliphatic rings. The van der Waals surface area contributed by atoms with Gasteiger partial charge in [-0.2, -0.15) is 0 Å². The van der Waals surface area contributed by atoms with E-state index in [0.29, 0.717) is 39.5 Å². The van der Waals surface area contributed by atoms with E-state index in [9.17, 15) is 19.7 Å². The van der Waals surface area contributed by atoms with E-state index in [1.807, 2.05) is 95.3 Å². The van der Waals surface area contributed by atoms with Gasteiger partial charge in [-0.1, -0.05) is 65.7 Å². The molecule has 54 heavy (non-hydrogen) atoms. The monoisotopic (exact) mass is 762 g/mol. The molecule has 0 saturated carbocycles. The summed E-state index contributed by atoms with van der Waals surface area (Å²) in [5.41, 5.74) is 17.9. The van der Waals surface area contributed by atoms with Gasteiger partial charge in [-0.3, -0.25) is 10.1 Å². The first-order chi connectivity index (χ1) is 25.7. The molecular weight excluding hydrogens is 721 g/mol. The van der Waals surface area contributed by atoms with Crippen LogP contribution in [0.25, 0.3) is 22.5 Å². The van der Waals surface area contributed by atoms with Crippen molar-refractivity contribution in [2.45, 2.75) is 54.4 Å². The molecule has 0 fully saturated rings. The zero-order valence-corrected chi connectivity index (χ0v) is 33.2. The SMILES string of the molecule is COC(=O)c1sc(Cc2cc(C)c(N)cc2C)nc1-c1ccc(C)cc1.COC(=O)c1sc(Cc2cc(C)c([N+](=O)[O-])cc2C)nc1-c1ccc(C)cc1. The van der Waals surface area contributed by atoms with Crippen molar-refractivity contribution in [2.24, 2.45) is 0 Å². The molecule has 12 heteroatoms. The minimum atomic E-state index is -0.420. The van der Waals surface area contributed by atoms with Crippen molar-refractivity contribution in [3.8, 4) is 22.5 Å². The van der Waals surface area contributed by atoms with E-state index in [2.05, 4.69) is 11.1 Å². The molecule has 2 N–H and O–H groups in total. The number of nitrogens with zero attached hydrogens (tertiary/aromatic N) is 3. The fourth-order valence-electron chi connectivity index (χ4n) is 5.82. The van der Waals surface area contributed by atoms with Crippen molar-refractivity contribution in [3.63, 3.8) is 0 Å². The largest absolute Gasteiger partial charge is 0.465 e. The average Bonchev–Trinajstić information content (AvgIpc) is 3.77. The van der Waals surface area contributed by atoms with Crippen LogP contribution in [0.15, 0.2) is 72.8 Å². The second-order valence-corrected chi connectivity index (χ2v) is 15.3. The van der Waals surface area contributed by atoms with E-state index in [1.54, 1.807) is 13.0 Å². The Morgan fingerprint density at radius 3 is 1.46 bits per heavy atom. The molecule has 0 aliphatic carbocycles. The number of esters is 2. The summed E-state index contributed by atoms with van der Waals surface area (Å²) in [6, 6.07) is 23.3. The van der Waals surface area contributed by atoms with E-state index in [4.69, 9.17) is 20.2 Å². The second-order valence-electron chi connectivity index (χ2n) is 13.1. The summed E-state index contributed by atoms with van der Waals surface area (Å²) >= 11 is 2.68. The van der Waals surface area contributed by atoms with Gasteiger partial charge in [0.1, 0.15) is 9.75 Å². The van der Waals surface area contributed by atoms with Gasteiger partial charge in [0, 0.05) is 41.3 Å². The summed E-state index contributed by atoms with van der Waals surface area (Å²) in [5.74, 6) is -0.773.